The summed E-state index contributed by atoms with van der Waals surface area (Å²) >= 11 is 1.15. The van der Waals surface area contributed by atoms with Crippen molar-refractivity contribution in [2.24, 2.45) is 0 Å². The van der Waals surface area contributed by atoms with Gasteiger partial charge in [0.2, 0.25) is 5.12 Å². The van der Waals surface area contributed by atoms with Crippen molar-refractivity contribution in [2.75, 3.05) is 26.4 Å². The third-order valence-corrected chi connectivity index (χ3v) is 6.32. The normalized spacial score (nSPS) is 11.7. The van der Waals surface area contributed by atoms with Gasteiger partial charge >= 0.3 is 5.97 Å². The first-order chi connectivity index (χ1) is 19.2. The predicted molar refractivity (Wildman–Crippen MR) is 159 cm³/mol. The van der Waals surface area contributed by atoms with E-state index in [1.807, 2.05) is 48.5 Å². The Morgan fingerprint density at radius 2 is 1.40 bits per heavy atom. The molecule has 7 nitrogen and oxygen atoms in total. The number of hydrogen-bond acceptors (Lipinski definition) is 8. The first kappa shape index (κ1) is 32.9. The molecule has 1 unspecified atom stereocenters. The van der Waals surface area contributed by atoms with Gasteiger partial charge in [0, 0.05) is 16.9 Å². The molecule has 0 radical (unpaired) electrons. The molecule has 0 aromatic heterocycles. The Bertz CT molecular complexity index is 1110. The van der Waals surface area contributed by atoms with Crippen molar-refractivity contribution in [3.63, 3.8) is 0 Å². The number of ether oxygens (including phenoxy) is 4. The van der Waals surface area contributed by atoms with Crippen molar-refractivity contribution in [1.82, 2.24) is 0 Å². The first-order valence-corrected chi connectivity index (χ1v) is 14.2. The van der Waals surface area contributed by atoms with Gasteiger partial charge in [0.1, 0.15) is 11.5 Å². The third-order valence-electron chi connectivity index (χ3n) is 5.48. The number of aliphatic hydroxyl groups excluding tert-OH is 1. The van der Waals surface area contributed by atoms with E-state index in [0.717, 1.165) is 53.7 Å². The largest absolute Gasteiger partial charge is 0.494 e. The highest BCUT2D eigenvalue weighted by Gasteiger charge is 2.05. The third kappa shape index (κ3) is 14.2. The van der Waals surface area contributed by atoms with Gasteiger partial charge in [-0.3, -0.25) is 4.79 Å². The summed E-state index contributed by atoms with van der Waals surface area (Å²) < 4.78 is 21.7. The van der Waals surface area contributed by atoms with Crippen LogP contribution in [0.15, 0.2) is 83.8 Å². The Balaban J connectivity index is 1.60. The molecular weight excluding hydrogens is 528 g/mol. The summed E-state index contributed by atoms with van der Waals surface area (Å²) in [6.45, 7) is 12.4. The number of carbonyl (C=O) groups excluding carboxylic acids is 2. The van der Waals surface area contributed by atoms with E-state index < -0.39 is 12.3 Å². The molecule has 0 saturated carbocycles. The lowest BCUT2D eigenvalue weighted by Gasteiger charge is -2.11. The Morgan fingerprint density at radius 1 is 0.825 bits per heavy atom. The lowest BCUT2D eigenvalue weighted by atomic mass is 10.2. The topological polar surface area (TPSA) is 91.3 Å². The molecule has 0 saturated heterocycles. The van der Waals surface area contributed by atoms with Crippen LogP contribution in [0.5, 0.6) is 11.5 Å². The van der Waals surface area contributed by atoms with Gasteiger partial charge in [-0.1, -0.05) is 37.8 Å². The van der Waals surface area contributed by atoms with E-state index in [1.165, 1.54) is 0 Å². The lowest BCUT2D eigenvalue weighted by Crippen LogP contribution is -2.13. The van der Waals surface area contributed by atoms with Gasteiger partial charge in [-0.2, -0.15) is 0 Å². The number of hydrogen-bond donors (Lipinski definition) is 1. The highest BCUT2D eigenvalue weighted by Crippen LogP contribution is 2.23. The molecule has 1 atom stereocenters. The molecular formula is C32H40O7S. The fourth-order valence-electron chi connectivity index (χ4n) is 3.22. The molecule has 1 N–H and O–H groups in total. The fraction of sp³-hybridized carbons (Fsp3) is 0.375. The molecule has 2 aromatic carbocycles. The van der Waals surface area contributed by atoms with Gasteiger partial charge in [-0.05, 0) is 98.5 Å². The molecule has 0 heterocycles. The van der Waals surface area contributed by atoms with Crippen LogP contribution < -0.4 is 9.47 Å². The standard InChI is InChI=1S/C32H40O7S/c1-24(2)31(34)38-21-8-6-5-7-20-36-28-15-17-29(18-16-28)40-30(33)19-12-26-10-13-27(14-11-26)37-22-9-23-39-32(35)25(3)4/h10-19,31,34H,1,3,5-9,20-23H2,2,4H3/b19-12+. The maximum absolute atomic E-state index is 12.4. The highest BCUT2D eigenvalue weighted by atomic mass is 32.2. The average molecular weight is 569 g/mol. The summed E-state index contributed by atoms with van der Waals surface area (Å²) in [4.78, 5) is 24.5. The Morgan fingerprint density at radius 3 is 2.00 bits per heavy atom. The summed E-state index contributed by atoms with van der Waals surface area (Å²) in [5, 5.41) is 9.45. The average Bonchev–Trinajstić information content (AvgIpc) is 2.94. The minimum atomic E-state index is -0.875. The van der Waals surface area contributed by atoms with E-state index in [-0.39, 0.29) is 11.7 Å². The van der Waals surface area contributed by atoms with Crippen LogP contribution in [0.1, 0.15) is 51.5 Å². The maximum Gasteiger partial charge on any atom is 0.333 e. The zero-order valence-corrected chi connectivity index (χ0v) is 24.3. The first-order valence-electron chi connectivity index (χ1n) is 13.4. The van der Waals surface area contributed by atoms with Crippen molar-refractivity contribution < 1.29 is 33.6 Å². The van der Waals surface area contributed by atoms with Crippen LogP contribution in [0.3, 0.4) is 0 Å². The molecule has 0 aliphatic rings. The predicted octanol–water partition coefficient (Wildman–Crippen LogP) is 6.76. The maximum atomic E-state index is 12.4. The van der Waals surface area contributed by atoms with Gasteiger partial charge in [0.15, 0.2) is 6.29 Å². The molecule has 40 heavy (non-hydrogen) atoms. The van der Waals surface area contributed by atoms with E-state index in [1.54, 1.807) is 26.0 Å². The summed E-state index contributed by atoms with van der Waals surface area (Å²) in [5.41, 5.74) is 1.88. The van der Waals surface area contributed by atoms with Gasteiger partial charge in [0.25, 0.3) is 0 Å². The van der Waals surface area contributed by atoms with E-state index in [9.17, 15) is 14.7 Å². The molecule has 0 fully saturated rings. The molecule has 0 spiro atoms. The van der Waals surface area contributed by atoms with Crippen molar-refractivity contribution in [3.05, 3.63) is 84.5 Å². The molecule has 2 aromatic rings. The molecule has 0 aliphatic carbocycles. The number of aliphatic hydroxyl groups is 1. The van der Waals surface area contributed by atoms with Crippen molar-refractivity contribution in [1.29, 1.82) is 0 Å². The second-order valence-corrected chi connectivity index (χ2v) is 10.3. The Kier molecular flexibility index (Phi) is 15.5. The van der Waals surface area contributed by atoms with E-state index in [4.69, 9.17) is 18.9 Å². The van der Waals surface area contributed by atoms with Crippen LogP contribution in [0.4, 0.5) is 0 Å². The lowest BCUT2D eigenvalue weighted by molar-refractivity contribution is -0.139. The van der Waals surface area contributed by atoms with Crippen LogP contribution in [-0.4, -0.2) is 48.9 Å². The van der Waals surface area contributed by atoms with Crippen molar-refractivity contribution >= 4 is 28.9 Å². The van der Waals surface area contributed by atoms with Crippen LogP contribution >= 0.6 is 11.8 Å². The summed E-state index contributed by atoms with van der Waals surface area (Å²) in [6, 6.07) is 14.9. The van der Waals surface area contributed by atoms with E-state index >= 15 is 0 Å². The minimum Gasteiger partial charge on any atom is -0.494 e. The fourth-order valence-corrected chi connectivity index (χ4v) is 3.86. The van der Waals surface area contributed by atoms with Crippen LogP contribution in [0.25, 0.3) is 6.08 Å². The monoisotopic (exact) mass is 568 g/mol. The summed E-state index contributed by atoms with van der Waals surface area (Å²) in [5.74, 6) is 1.08. The molecule has 2 rings (SSSR count). The van der Waals surface area contributed by atoms with Gasteiger partial charge in [-0.15, -0.1) is 0 Å². The molecule has 0 bridgehead atoms. The number of thioether (sulfide) groups is 1. The summed E-state index contributed by atoms with van der Waals surface area (Å²) in [6.07, 6.45) is 6.86. The molecule has 0 amide bonds. The molecule has 216 valence electrons. The molecule has 8 heteroatoms. The highest BCUT2D eigenvalue weighted by molar-refractivity contribution is 8.14. The van der Waals surface area contributed by atoms with Crippen molar-refractivity contribution in [3.8, 4) is 11.5 Å². The Labute approximate surface area is 241 Å². The van der Waals surface area contributed by atoms with Gasteiger partial charge < -0.3 is 24.1 Å². The number of benzene rings is 2. The van der Waals surface area contributed by atoms with E-state index in [0.29, 0.717) is 43.1 Å². The zero-order valence-electron chi connectivity index (χ0n) is 23.4. The minimum absolute atomic E-state index is 0.0712. The van der Waals surface area contributed by atoms with Gasteiger partial charge in [-0.25, -0.2) is 4.79 Å². The number of carbonyl (C=O) groups is 2. The number of rotatable bonds is 19. The SMILES string of the molecule is C=C(C)C(=O)OCCCOc1ccc(/C=C/C(=O)Sc2ccc(OCCCCCCOC(O)C(=C)C)cc2)cc1. The molecule has 0 aliphatic heterocycles. The smallest absolute Gasteiger partial charge is 0.333 e. The zero-order chi connectivity index (χ0) is 29.2. The second-order valence-electron chi connectivity index (χ2n) is 9.25. The summed E-state index contributed by atoms with van der Waals surface area (Å²) in [7, 11) is 0. The second kappa shape index (κ2) is 18.9. The van der Waals surface area contributed by atoms with Crippen LogP contribution in [0.2, 0.25) is 0 Å². The number of unbranched alkanes of at least 4 members (excludes halogenated alkanes) is 3. The van der Waals surface area contributed by atoms with Gasteiger partial charge in [0.05, 0.1) is 26.4 Å². The van der Waals surface area contributed by atoms with E-state index in [2.05, 4.69) is 13.2 Å². The van der Waals surface area contributed by atoms with Crippen molar-refractivity contribution in [2.45, 2.75) is 57.1 Å². The Hall–Kier alpha value is -3.33. The number of esters is 1. The van der Waals surface area contributed by atoms with Crippen LogP contribution in [-0.2, 0) is 19.1 Å². The van der Waals surface area contributed by atoms with Crippen LogP contribution in [0, 0.1) is 0 Å². The quantitative estimate of drug-likeness (QED) is 0.0497.